The van der Waals surface area contributed by atoms with E-state index in [0.29, 0.717) is 24.3 Å². The third-order valence-corrected chi connectivity index (χ3v) is 4.79. The third-order valence-electron chi connectivity index (χ3n) is 4.79. The van der Waals surface area contributed by atoms with Crippen LogP contribution >= 0.6 is 0 Å². The molecule has 0 aromatic heterocycles. The van der Waals surface area contributed by atoms with Gasteiger partial charge < -0.3 is 20.3 Å². The molecule has 5 heteroatoms. The number of nitrogen functional groups attached to an aromatic ring is 1. The molecule has 3 aromatic rings. The summed E-state index contributed by atoms with van der Waals surface area (Å²) in [5.41, 5.74) is 10.5. The molecule has 0 spiro atoms. The van der Waals surface area contributed by atoms with E-state index in [-0.39, 0.29) is 5.91 Å². The molecule has 0 aliphatic heterocycles. The third kappa shape index (κ3) is 5.08. The summed E-state index contributed by atoms with van der Waals surface area (Å²) in [5.74, 6) is 0.686. The van der Waals surface area contributed by atoms with Gasteiger partial charge in [-0.1, -0.05) is 30.3 Å². The van der Waals surface area contributed by atoms with Crippen LogP contribution in [0.1, 0.15) is 21.5 Å². The summed E-state index contributed by atoms with van der Waals surface area (Å²) in [6.07, 6.45) is 0. The molecular weight excluding hydrogens is 362 g/mol. The summed E-state index contributed by atoms with van der Waals surface area (Å²) in [6.45, 7) is 0.964. The van der Waals surface area contributed by atoms with Gasteiger partial charge in [0, 0.05) is 44.1 Å². The summed E-state index contributed by atoms with van der Waals surface area (Å²) >= 11 is 0. The Balaban J connectivity index is 1.94. The quantitative estimate of drug-likeness (QED) is 0.616. The number of benzene rings is 3. The van der Waals surface area contributed by atoms with Crippen LogP contribution in [-0.2, 0) is 13.1 Å². The number of ether oxygens (including phenoxy) is 1. The summed E-state index contributed by atoms with van der Waals surface area (Å²) in [5, 5.41) is 0. The van der Waals surface area contributed by atoms with E-state index < -0.39 is 0 Å². The predicted molar refractivity (Wildman–Crippen MR) is 118 cm³/mol. The van der Waals surface area contributed by atoms with Gasteiger partial charge >= 0.3 is 0 Å². The minimum absolute atomic E-state index is 0.0383. The van der Waals surface area contributed by atoms with Crippen LogP contribution in [0.25, 0.3) is 0 Å². The minimum Gasteiger partial charge on any atom is -0.497 e. The molecule has 0 aliphatic rings. The van der Waals surface area contributed by atoms with E-state index in [1.54, 1.807) is 31.4 Å². The highest BCUT2D eigenvalue weighted by Crippen LogP contribution is 2.25. The van der Waals surface area contributed by atoms with Crippen molar-refractivity contribution in [2.45, 2.75) is 13.1 Å². The van der Waals surface area contributed by atoms with Crippen molar-refractivity contribution < 1.29 is 9.53 Å². The predicted octanol–water partition coefficient (Wildman–Crippen LogP) is 4.19. The molecule has 0 fully saturated rings. The van der Waals surface area contributed by atoms with Gasteiger partial charge in [-0.3, -0.25) is 4.79 Å². The van der Waals surface area contributed by atoms with E-state index in [0.717, 1.165) is 22.6 Å². The Morgan fingerprint density at radius 1 is 0.931 bits per heavy atom. The molecule has 0 heterocycles. The molecule has 0 aliphatic carbocycles. The average Bonchev–Trinajstić information content (AvgIpc) is 2.73. The fourth-order valence-electron chi connectivity index (χ4n) is 3.29. The van der Waals surface area contributed by atoms with Crippen molar-refractivity contribution in [2.24, 2.45) is 0 Å². The van der Waals surface area contributed by atoms with Crippen molar-refractivity contribution in [3.8, 4) is 5.75 Å². The summed E-state index contributed by atoms with van der Waals surface area (Å²) in [7, 11) is 5.59. The van der Waals surface area contributed by atoms with Gasteiger partial charge in [-0.25, -0.2) is 0 Å². The van der Waals surface area contributed by atoms with Gasteiger partial charge in [-0.05, 0) is 53.6 Å². The van der Waals surface area contributed by atoms with Gasteiger partial charge in [0.05, 0.1) is 7.11 Å². The van der Waals surface area contributed by atoms with Gasteiger partial charge in [0.1, 0.15) is 5.75 Å². The van der Waals surface area contributed by atoms with Crippen LogP contribution in [-0.4, -0.2) is 32.0 Å². The Morgan fingerprint density at radius 2 is 1.62 bits per heavy atom. The number of nitrogens with zero attached hydrogens (tertiary/aromatic N) is 2. The van der Waals surface area contributed by atoms with Crippen LogP contribution in [0.4, 0.5) is 11.4 Å². The highest BCUT2D eigenvalue weighted by atomic mass is 16.5. The molecule has 0 bridgehead atoms. The monoisotopic (exact) mass is 389 g/mol. The SMILES string of the molecule is COc1ccc(C(=O)N(Cc2ccccc2)Cc2cc(N)ccc2N(C)C)cc1. The van der Waals surface area contributed by atoms with Crippen molar-refractivity contribution in [1.29, 1.82) is 0 Å². The molecule has 150 valence electrons. The first-order valence-corrected chi connectivity index (χ1v) is 9.51. The summed E-state index contributed by atoms with van der Waals surface area (Å²) in [6, 6.07) is 23.0. The number of amides is 1. The number of methoxy groups -OCH3 is 1. The molecule has 0 saturated heterocycles. The van der Waals surface area contributed by atoms with Crippen molar-refractivity contribution >= 4 is 17.3 Å². The van der Waals surface area contributed by atoms with E-state index in [1.165, 1.54) is 0 Å². The number of nitrogens with two attached hydrogens (primary N) is 1. The van der Waals surface area contributed by atoms with Gasteiger partial charge in [0.25, 0.3) is 5.91 Å². The van der Waals surface area contributed by atoms with Crippen LogP contribution in [0, 0.1) is 0 Å². The minimum atomic E-state index is -0.0383. The Hall–Kier alpha value is -3.47. The molecule has 3 rings (SSSR count). The number of carbonyl (C=O) groups is 1. The number of hydrogen-bond donors (Lipinski definition) is 1. The summed E-state index contributed by atoms with van der Waals surface area (Å²) in [4.78, 5) is 17.2. The fourth-order valence-corrected chi connectivity index (χ4v) is 3.29. The molecule has 0 atom stereocenters. The van der Waals surface area contributed by atoms with Crippen molar-refractivity contribution in [3.05, 3.63) is 89.5 Å². The number of anilines is 2. The highest BCUT2D eigenvalue weighted by Gasteiger charge is 2.19. The van der Waals surface area contributed by atoms with Gasteiger partial charge in [-0.15, -0.1) is 0 Å². The van der Waals surface area contributed by atoms with Crippen molar-refractivity contribution in [3.63, 3.8) is 0 Å². The summed E-state index contributed by atoms with van der Waals surface area (Å²) < 4.78 is 5.21. The van der Waals surface area contributed by atoms with Gasteiger partial charge in [0.2, 0.25) is 0 Å². The molecule has 0 radical (unpaired) electrons. The van der Waals surface area contributed by atoms with E-state index in [1.807, 2.05) is 72.4 Å². The molecule has 5 nitrogen and oxygen atoms in total. The molecule has 29 heavy (non-hydrogen) atoms. The number of hydrogen-bond acceptors (Lipinski definition) is 4. The first kappa shape index (κ1) is 20.3. The topological polar surface area (TPSA) is 58.8 Å². The van der Waals surface area contributed by atoms with Crippen molar-refractivity contribution in [2.75, 3.05) is 31.8 Å². The molecule has 3 aromatic carbocycles. The average molecular weight is 389 g/mol. The first-order chi connectivity index (χ1) is 14.0. The molecule has 1 amide bonds. The molecule has 2 N–H and O–H groups in total. The van der Waals surface area contributed by atoms with E-state index in [4.69, 9.17) is 10.5 Å². The lowest BCUT2D eigenvalue weighted by Gasteiger charge is -2.26. The second-order valence-electron chi connectivity index (χ2n) is 7.16. The highest BCUT2D eigenvalue weighted by molar-refractivity contribution is 5.94. The zero-order chi connectivity index (χ0) is 20.8. The van der Waals surface area contributed by atoms with Crippen LogP contribution in [0.3, 0.4) is 0 Å². The van der Waals surface area contributed by atoms with Crippen LogP contribution in [0.5, 0.6) is 5.75 Å². The zero-order valence-corrected chi connectivity index (χ0v) is 17.1. The standard InChI is InChI=1S/C24H27N3O2/c1-26(2)23-14-11-21(25)15-20(23)17-27(16-18-7-5-4-6-8-18)24(28)19-9-12-22(29-3)13-10-19/h4-15H,16-17,25H2,1-3H3. The maximum atomic E-state index is 13.4. The second-order valence-corrected chi connectivity index (χ2v) is 7.16. The molecule has 0 saturated carbocycles. The van der Waals surface area contributed by atoms with Gasteiger partial charge in [0.15, 0.2) is 0 Å². The lowest BCUT2D eigenvalue weighted by atomic mass is 10.1. The lowest BCUT2D eigenvalue weighted by Crippen LogP contribution is -2.31. The number of carbonyl (C=O) groups excluding carboxylic acids is 1. The van der Waals surface area contributed by atoms with Crippen LogP contribution < -0.4 is 15.4 Å². The van der Waals surface area contributed by atoms with E-state index >= 15 is 0 Å². The Labute approximate surface area is 172 Å². The Kier molecular flexibility index (Phi) is 6.39. The Bertz CT molecular complexity index is 954. The Morgan fingerprint density at radius 3 is 2.24 bits per heavy atom. The van der Waals surface area contributed by atoms with Gasteiger partial charge in [-0.2, -0.15) is 0 Å². The molecular formula is C24H27N3O2. The van der Waals surface area contributed by atoms with E-state index in [9.17, 15) is 4.79 Å². The lowest BCUT2D eigenvalue weighted by molar-refractivity contribution is 0.0730. The first-order valence-electron chi connectivity index (χ1n) is 9.51. The fraction of sp³-hybridized carbons (Fsp3) is 0.208. The molecule has 0 unspecified atom stereocenters. The normalized spacial score (nSPS) is 10.4. The maximum absolute atomic E-state index is 13.4. The number of rotatable bonds is 7. The van der Waals surface area contributed by atoms with Crippen LogP contribution in [0.2, 0.25) is 0 Å². The smallest absolute Gasteiger partial charge is 0.254 e. The maximum Gasteiger partial charge on any atom is 0.254 e. The van der Waals surface area contributed by atoms with Crippen molar-refractivity contribution in [1.82, 2.24) is 4.90 Å². The second kappa shape index (κ2) is 9.15. The van der Waals surface area contributed by atoms with Crippen LogP contribution in [0.15, 0.2) is 72.8 Å². The largest absolute Gasteiger partial charge is 0.497 e. The van der Waals surface area contributed by atoms with E-state index in [2.05, 4.69) is 0 Å². The zero-order valence-electron chi connectivity index (χ0n) is 17.1.